The quantitative estimate of drug-likeness (QED) is 0.625. The van der Waals surface area contributed by atoms with Crippen LogP contribution in [0.5, 0.6) is 5.75 Å². The molecule has 3 aromatic rings. The summed E-state index contributed by atoms with van der Waals surface area (Å²) in [6.45, 7) is 1.83. The monoisotopic (exact) mass is 402 g/mol. The maximum atomic E-state index is 13.4. The number of nitrogens with zero attached hydrogens (tertiary/aromatic N) is 3. The van der Waals surface area contributed by atoms with Gasteiger partial charge < -0.3 is 15.5 Å². The Morgan fingerprint density at radius 2 is 1.83 bits per heavy atom. The van der Waals surface area contributed by atoms with Crippen molar-refractivity contribution in [2.24, 2.45) is 0 Å². The van der Waals surface area contributed by atoms with Gasteiger partial charge in [0.25, 0.3) is 0 Å². The first-order chi connectivity index (χ1) is 13.8. The molecule has 10 heteroatoms. The van der Waals surface area contributed by atoms with E-state index in [0.717, 1.165) is 6.07 Å². The van der Waals surface area contributed by atoms with Crippen molar-refractivity contribution in [2.45, 2.75) is 13.1 Å². The van der Waals surface area contributed by atoms with Gasteiger partial charge in [0, 0.05) is 11.3 Å². The smallest absolute Gasteiger partial charge is 0.433 e. The van der Waals surface area contributed by atoms with Gasteiger partial charge in [-0.2, -0.15) is 13.2 Å². The van der Waals surface area contributed by atoms with Gasteiger partial charge in [-0.15, -0.1) is 0 Å². The van der Waals surface area contributed by atoms with E-state index in [1.807, 2.05) is 0 Å². The minimum Gasteiger partial charge on any atom is -0.497 e. The maximum Gasteiger partial charge on any atom is 0.433 e. The number of pyridine rings is 1. The third kappa shape index (κ3) is 3.37. The summed E-state index contributed by atoms with van der Waals surface area (Å²) in [7, 11) is 1.54. The number of alkyl halides is 3. The van der Waals surface area contributed by atoms with E-state index in [2.05, 4.69) is 20.7 Å². The molecule has 0 fully saturated rings. The summed E-state index contributed by atoms with van der Waals surface area (Å²) < 4.78 is 46.6. The summed E-state index contributed by atoms with van der Waals surface area (Å²) in [5.41, 5.74) is 3.91. The van der Waals surface area contributed by atoms with E-state index >= 15 is 0 Å². The number of benzene rings is 1. The Morgan fingerprint density at radius 1 is 1.10 bits per heavy atom. The molecule has 0 aliphatic carbocycles. The number of hydrogen-bond donors (Lipinski definition) is 3. The maximum absolute atomic E-state index is 13.4. The lowest BCUT2D eigenvalue weighted by Crippen LogP contribution is -2.27. The topological polar surface area (TPSA) is 87.8 Å². The van der Waals surface area contributed by atoms with Crippen LogP contribution >= 0.6 is 0 Å². The van der Waals surface area contributed by atoms with Crippen LogP contribution in [0.15, 0.2) is 36.4 Å². The van der Waals surface area contributed by atoms with Gasteiger partial charge >= 0.3 is 6.18 Å². The number of halogens is 3. The Labute approximate surface area is 163 Å². The molecule has 0 amide bonds. The van der Waals surface area contributed by atoms with E-state index in [9.17, 15) is 13.2 Å². The fourth-order valence-electron chi connectivity index (χ4n) is 3.25. The van der Waals surface area contributed by atoms with Crippen molar-refractivity contribution in [3.05, 3.63) is 53.4 Å². The SMILES string of the molecule is COc1ccc(-c2nc(=N)n3c(c2-c2cc(C)nc(C(F)(F)F)c2)NCN3)cc1. The number of rotatable bonds is 3. The highest BCUT2D eigenvalue weighted by molar-refractivity contribution is 5.89. The van der Waals surface area contributed by atoms with E-state index in [0.29, 0.717) is 40.6 Å². The van der Waals surface area contributed by atoms with E-state index in [4.69, 9.17) is 10.1 Å². The molecule has 1 aliphatic rings. The van der Waals surface area contributed by atoms with Crippen molar-refractivity contribution in [1.29, 1.82) is 5.41 Å². The Kier molecular flexibility index (Phi) is 4.40. The van der Waals surface area contributed by atoms with Crippen LogP contribution in [-0.4, -0.2) is 28.4 Å². The van der Waals surface area contributed by atoms with Crippen molar-refractivity contribution < 1.29 is 17.9 Å². The van der Waals surface area contributed by atoms with Gasteiger partial charge in [-0.25, -0.2) is 14.6 Å². The minimum atomic E-state index is -4.58. The summed E-state index contributed by atoms with van der Waals surface area (Å²) in [4.78, 5) is 7.98. The Hall–Kier alpha value is -3.56. The first-order valence-electron chi connectivity index (χ1n) is 8.68. The van der Waals surface area contributed by atoms with Crippen LogP contribution in [-0.2, 0) is 6.18 Å². The molecule has 0 atom stereocenters. The van der Waals surface area contributed by atoms with Gasteiger partial charge in [-0.05, 0) is 48.9 Å². The summed E-state index contributed by atoms with van der Waals surface area (Å²) in [6.07, 6.45) is -4.58. The molecule has 0 radical (unpaired) electrons. The van der Waals surface area contributed by atoms with E-state index in [1.165, 1.54) is 11.6 Å². The second-order valence-electron chi connectivity index (χ2n) is 6.46. The fourth-order valence-corrected chi connectivity index (χ4v) is 3.25. The predicted octanol–water partition coefficient (Wildman–Crippen LogP) is 3.35. The Morgan fingerprint density at radius 3 is 2.48 bits per heavy atom. The summed E-state index contributed by atoms with van der Waals surface area (Å²) >= 11 is 0. The molecule has 150 valence electrons. The number of nitrogens with one attached hydrogen (secondary N) is 3. The molecule has 1 aliphatic heterocycles. The van der Waals surface area contributed by atoms with Crippen molar-refractivity contribution in [2.75, 3.05) is 24.5 Å². The lowest BCUT2D eigenvalue weighted by atomic mass is 9.98. The minimum absolute atomic E-state index is 0.0682. The van der Waals surface area contributed by atoms with Crippen LogP contribution < -0.4 is 21.1 Å². The Balaban J connectivity index is 2.01. The average molecular weight is 402 g/mol. The van der Waals surface area contributed by atoms with Crippen LogP contribution in [0.1, 0.15) is 11.4 Å². The number of methoxy groups -OCH3 is 1. The first-order valence-corrected chi connectivity index (χ1v) is 8.68. The summed E-state index contributed by atoms with van der Waals surface area (Å²) in [5, 5.41) is 11.3. The van der Waals surface area contributed by atoms with Crippen LogP contribution in [0.25, 0.3) is 22.4 Å². The molecular formula is C19H17F3N6O. The molecule has 7 nitrogen and oxygen atoms in total. The molecule has 0 spiro atoms. The number of aromatic nitrogens is 3. The fraction of sp³-hybridized carbons (Fsp3) is 0.211. The highest BCUT2D eigenvalue weighted by Crippen LogP contribution is 2.39. The molecule has 29 heavy (non-hydrogen) atoms. The molecular weight excluding hydrogens is 385 g/mol. The molecule has 3 heterocycles. The average Bonchev–Trinajstić information content (AvgIpc) is 3.17. The summed E-state index contributed by atoms with van der Waals surface area (Å²) in [5.74, 6) is 1.10. The molecule has 0 unspecified atom stereocenters. The highest BCUT2D eigenvalue weighted by atomic mass is 19.4. The molecule has 4 rings (SSSR count). The number of ether oxygens (including phenoxy) is 1. The molecule has 2 aromatic heterocycles. The standard InChI is InChI=1S/C19H17F3N6O/c1-10-7-12(8-14(26-10)19(20,21)22)15-16(11-3-5-13(29-2)6-4-11)27-18(23)28-17(15)24-9-25-28/h3-8,23-25H,9H2,1-2H3. The molecule has 1 aromatic carbocycles. The van der Waals surface area contributed by atoms with Crippen molar-refractivity contribution >= 4 is 5.82 Å². The molecule has 0 saturated carbocycles. The van der Waals surface area contributed by atoms with Gasteiger partial charge in [0.05, 0.1) is 18.4 Å². The van der Waals surface area contributed by atoms with Gasteiger partial charge in [0.1, 0.15) is 23.9 Å². The Bertz CT molecular complexity index is 1140. The zero-order chi connectivity index (χ0) is 20.8. The van der Waals surface area contributed by atoms with E-state index in [1.54, 1.807) is 37.4 Å². The molecule has 0 saturated heterocycles. The van der Waals surface area contributed by atoms with Gasteiger partial charge in [0.2, 0.25) is 5.62 Å². The number of hydrogen-bond acceptors (Lipinski definition) is 6. The van der Waals surface area contributed by atoms with Crippen molar-refractivity contribution in [1.82, 2.24) is 14.6 Å². The third-order valence-electron chi connectivity index (χ3n) is 4.52. The highest BCUT2D eigenvalue weighted by Gasteiger charge is 2.34. The van der Waals surface area contributed by atoms with Gasteiger partial charge in [-0.1, -0.05) is 0 Å². The second-order valence-corrected chi connectivity index (χ2v) is 6.46. The van der Waals surface area contributed by atoms with Gasteiger partial charge in [0.15, 0.2) is 0 Å². The summed E-state index contributed by atoms with van der Waals surface area (Å²) in [6, 6.07) is 9.54. The number of fused-ring (bicyclic) bond motifs is 1. The van der Waals surface area contributed by atoms with Crippen LogP contribution in [0, 0.1) is 12.3 Å². The van der Waals surface area contributed by atoms with E-state index in [-0.39, 0.29) is 11.3 Å². The van der Waals surface area contributed by atoms with Crippen LogP contribution in [0.4, 0.5) is 19.0 Å². The molecule has 3 N–H and O–H groups in total. The second kappa shape index (κ2) is 6.80. The molecule has 0 bridgehead atoms. The largest absolute Gasteiger partial charge is 0.497 e. The van der Waals surface area contributed by atoms with Crippen molar-refractivity contribution in [3.8, 4) is 28.1 Å². The normalized spacial score (nSPS) is 12.9. The lowest BCUT2D eigenvalue weighted by molar-refractivity contribution is -0.141. The van der Waals surface area contributed by atoms with Gasteiger partial charge in [-0.3, -0.25) is 5.41 Å². The lowest BCUT2D eigenvalue weighted by Gasteiger charge is -2.17. The zero-order valence-electron chi connectivity index (χ0n) is 15.6. The first kappa shape index (κ1) is 18.8. The zero-order valence-corrected chi connectivity index (χ0v) is 15.6. The van der Waals surface area contributed by atoms with E-state index < -0.39 is 11.9 Å². The number of aryl methyl sites for hydroxylation is 1. The van der Waals surface area contributed by atoms with Crippen LogP contribution in [0.3, 0.4) is 0 Å². The number of anilines is 1. The van der Waals surface area contributed by atoms with Crippen LogP contribution in [0.2, 0.25) is 0 Å². The third-order valence-corrected chi connectivity index (χ3v) is 4.52. The van der Waals surface area contributed by atoms with Crippen molar-refractivity contribution in [3.63, 3.8) is 0 Å². The predicted molar refractivity (Wildman–Crippen MR) is 101 cm³/mol.